The second kappa shape index (κ2) is 5.30. The molecule has 1 atom stereocenters. The fourth-order valence-electron chi connectivity index (χ4n) is 2.54. The van der Waals surface area contributed by atoms with Crippen molar-refractivity contribution >= 4 is 17.9 Å². The maximum atomic E-state index is 12.5. The van der Waals surface area contributed by atoms with Crippen LogP contribution < -0.4 is 5.73 Å². The molecule has 0 bridgehead atoms. The molecule has 1 saturated carbocycles. The molecule has 0 aromatic carbocycles. The summed E-state index contributed by atoms with van der Waals surface area (Å²) in [6.45, 7) is 2.80. The number of hydrogen-bond donors (Lipinski definition) is 2. The normalized spacial score (nSPS) is 25.6. The lowest BCUT2D eigenvalue weighted by Crippen LogP contribution is -2.46. The highest BCUT2D eigenvalue weighted by Gasteiger charge is 2.43. The van der Waals surface area contributed by atoms with Gasteiger partial charge in [-0.1, -0.05) is 0 Å². The topological polar surface area (TPSA) is 104 Å². The largest absolute Gasteiger partial charge is 0.481 e. The Kier molecular flexibility index (Phi) is 3.87. The average Bonchev–Trinajstić information content (AvgIpc) is 3.11. The van der Waals surface area contributed by atoms with Crippen molar-refractivity contribution in [1.29, 1.82) is 0 Å². The van der Waals surface area contributed by atoms with E-state index in [2.05, 4.69) is 0 Å². The minimum absolute atomic E-state index is 0.0524. The Bertz CT molecular complexity index is 435. The van der Waals surface area contributed by atoms with E-state index < -0.39 is 17.3 Å². The number of hydrogen-bond acceptors (Lipinski definition) is 3. The average molecular weight is 283 g/mol. The van der Waals surface area contributed by atoms with Crippen LogP contribution in [0.3, 0.4) is 0 Å². The second-order valence-corrected chi connectivity index (χ2v) is 5.95. The third-order valence-electron chi connectivity index (χ3n) is 4.14. The molecule has 1 heterocycles. The number of carbonyl (C=O) groups excluding carboxylic acids is 2. The Balaban J connectivity index is 1.98. The van der Waals surface area contributed by atoms with Crippen molar-refractivity contribution in [3.63, 3.8) is 0 Å². The van der Waals surface area contributed by atoms with Crippen LogP contribution in [-0.2, 0) is 9.59 Å². The van der Waals surface area contributed by atoms with E-state index in [0.717, 1.165) is 12.8 Å². The molecular formula is C13H21N3O4. The van der Waals surface area contributed by atoms with E-state index in [1.165, 1.54) is 0 Å². The Morgan fingerprint density at radius 1 is 1.40 bits per heavy atom. The number of carboxylic acids is 1. The van der Waals surface area contributed by atoms with Gasteiger partial charge in [0.2, 0.25) is 5.91 Å². The summed E-state index contributed by atoms with van der Waals surface area (Å²) in [6, 6.07) is -0.0130. The molecule has 1 unspecified atom stereocenters. The lowest BCUT2D eigenvalue weighted by Gasteiger charge is -2.28. The third kappa shape index (κ3) is 3.02. The Labute approximate surface area is 117 Å². The lowest BCUT2D eigenvalue weighted by molar-refractivity contribution is -0.137. The molecule has 7 heteroatoms. The molecule has 3 N–H and O–H groups in total. The van der Waals surface area contributed by atoms with Gasteiger partial charge < -0.3 is 20.6 Å². The van der Waals surface area contributed by atoms with Crippen LogP contribution in [0.2, 0.25) is 0 Å². The molecule has 0 radical (unpaired) electrons. The smallest absolute Gasteiger partial charge is 0.320 e. The molecule has 3 amide bonds. The van der Waals surface area contributed by atoms with E-state index in [1.807, 2.05) is 0 Å². The van der Waals surface area contributed by atoms with Crippen LogP contribution in [0.1, 0.15) is 32.6 Å². The third-order valence-corrected chi connectivity index (χ3v) is 4.14. The number of amides is 3. The summed E-state index contributed by atoms with van der Waals surface area (Å²) in [6.07, 6.45) is 2.35. The van der Waals surface area contributed by atoms with Gasteiger partial charge in [-0.15, -0.1) is 0 Å². The first-order valence-corrected chi connectivity index (χ1v) is 6.91. The van der Waals surface area contributed by atoms with E-state index in [9.17, 15) is 14.4 Å². The van der Waals surface area contributed by atoms with Crippen LogP contribution in [0, 0.1) is 5.41 Å². The van der Waals surface area contributed by atoms with Gasteiger partial charge in [0.05, 0.1) is 11.8 Å². The summed E-state index contributed by atoms with van der Waals surface area (Å²) in [4.78, 5) is 37.8. The lowest BCUT2D eigenvalue weighted by atomic mass is 9.89. The van der Waals surface area contributed by atoms with Gasteiger partial charge >= 0.3 is 12.0 Å². The number of likely N-dealkylation sites (tertiary alicyclic amines) is 1. The van der Waals surface area contributed by atoms with Crippen molar-refractivity contribution < 1.29 is 19.5 Å². The monoisotopic (exact) mass is 283 g/mol. The van der Waals surface area contributed by atoms with Gasteiger partial charge in [-0.3, -0.25) is 9.59 Å². The zero-order valence-corrected chi connectivity index (χ0v) is 11.7. The van der Waals surface area contributed by atoms with E-state index in [-0.39, 0.29) is 25.0 Å². The number of nitrogens with two attached hydrogens (primary N) is 1. The van der Waals surface area contributed by atoms with Crippen molar-refractivity contribution in [2.75, 3.05) is 19.6 Å². The first-order chi connectivity index (χ1) is 9.33. The molecule has 20 heavy (non-hydrogen) atoms. The van der Waals surface area contributed by atoms with E-state index >= 15 is 0 Å². The molecule has 0 spiro atoms. The maximum absolute atomic E-state index is 12.5. The number of urea groups is 1. The fraction of sp³-hybridized carbons (Fsp3) is 0.769. The van der Waals surface area contributed by atoms with Gasteiger partial charge in [0.1, 0.15) is 0 Å². The Morgan fingerprint density at radius 3 is 2.50 bits per heavy atom. The van der Waals surface area contributed by atoms with Crippen LogP contribution in [0.5, 0.6) is 0 Å². The Hall–Kier alpha value is -1.79. The van der Waals surface area contributed by atoms with Gasteiger partial charge in [0.25, 0.3) is 0 Å². The molecule has 2 aliphatic rings. The summed E-state index contributed by atoms with van der Waals surface area (Å²) in [5, 5.41) is 8.75. The standard InChI is InChI=1S/C13H21N3O4/c1-13(11(14)19)5-7-15(8-13)12(20)16(9-2-3-9)6-4-10(17)18/h9H,2-8H2,1H3,(H2,14,19)(H,17,18). The van der Waals surface area contributed by atoms with Gasteiger partial charge in [-0.2, -0.15) is 0 Å². The summed E-state index contributed by atoms with van der Waals surface area (Å²) in [5.74, 6) is -1.30. The molecule has 0 aromatic rings. The highest BCUT2D eigenvalue weighted by molar-refractivity contribution is 5.83. The van der Waals surface area contributed by atoms with Crippen molar-refractivity contribution in [3.05, 3.63) is 0 Å². The van der Waals surface area contributed by atoms with Crippen molar-refractivity contribution in [2.24, 2.45) is 11.1 Å². The summed E-state index contributed by atoms with van der Waals surface area (Å²) in [7, 11) is 0. The molecular weight excluding hydrogens is 262 g/mol. The summed E-state index contributed by atoms with van der Waals surface area (Å²) < 4.78 is 0. The molecule has 2 fully saturated rings. The van der Waals surface area contributed by atoms with Gasteiger partial charge in [-0.25, -0.2) is 4.79 Å². The summed E-state index contributed by atoms with van der Waals surface area (Å²) >= 11 is 0. The van der Waals surface area contributed by atoms with Gasteiger partial charge in [0.15, 0.2) is 0 Å². The highest BCUT2D eigenvalue weighted by atomic mass is 16.4. The van der Waals surface area contributed by atoms with Crippen molar-refractivity contribution in [3.8, 4) is 0 Å². The predicted molar refractivity (Wildman–Crippen MR) is 70.9 cm³/mol. The second-order valence-electron chi connectivity index (χ2n) is 5.95. The minimum atomic E-state index is -0.910. The Morgan fingerprint density at radius 2 is 2.05 bits per heavy atom. The van der Waals surface area contributed by atoms with E-state index in [0.29, 0.717) is 19.5 Å². The van der Waals surface area contributed by atoms with Crippen LogP contribution >= 0.6 is 0 Å². The maximum Gasteiger partial charge on any atom is 0.320 e. The predicted octanol–water partition coefficient (Wildman–Crippen LogP) is 0.243. The van der Waals surface area contributed by atoms with Gasteiger partial charge in [0, 0.05) is 25.7 Å². The molecule has 7 nitrogen and oxygen atoms in total. The van der Waals surface area contributed by atoms with E-state index in [1.54, 1.807) is 16.7 Å². The number of aliphatic carboxylic acids is 1. The van der Waals surface area contributed by atoms with Crippen LogP contribution in [0.25, 0.3) is 0 Å². The first-order valence-electron chi connectivity index (χ1n) is 6.91. The van der Waals surface area contributed by atoms with Crippen LogP contribution in [0.15, 0.2) is 0 Å². The van der Waals surface area contributed by atoms with Gasteiger partial charge in [-0.05, 0) is 26.2 Å². The fourth-order valence-corrected chi connectivity index (χ4v) is 2.54. The van der Waals surface area contributed by atoms with Crippen LogP contribution in [-0.4, -0.2) is 58.5 Å². The molecule has 112 valence electrons. The number of carbonyl (C=O) groups is 3. The van der Waals surface area contributed by atoms with Crippen molar-refractivity contribution in [1.82, 2.24) is 9.80 Å². The summed E-state index contributed by atoms with van der Waals surface area (Å²) in [5.41, 5.74) is 4.70. The molecule has 2 rings (SSSR count). The van der Waals surface area contributed by atoms with Crippen molar-refractivity contribution in [2.45, 2.75) is 38.6 Å². The quantitative estimate of drug-likeness (QED) is 0.754. The first kappa shape index (κ1) is 14.6. The minimum Gasteiger partial charge on any atom is -0.481 e. The molecule has 1 aliphatic carbocycles. The number of carboxylic acid groups (broad SMARTS) is 1. The molecule has 1 saturated heterocycles. The number of nitrogens with zero attached hydrogens (tertiary/aromatic N) is 2. The zero-order chi connectivity index (χ0) is 14.9. The van der Waals surface area contributed by atoms with Crippen LogP contribution in [0.4, 0.5) is 4.79 Å². The highest BCUT2D eigenvalue weighted by Crippen LogP contribution is 2.33. The SMILES string of the molecule is CC1(C(N)=O)CCN(C(=O)N(CCC(=O)O)C2CC2)C1. The zero-order valence-electron chi connectivity index (χ0n) is 11.7. The number of primary amides is 1. The number of rotatable bonds is 5. The molecule has 1 aliphatic heterocycles. The molecule has 0 aromatic heterocycles. The van der Waals surface area contributed by atoms with E-state index in [4.69, 9.17) is 10.8 Å².